The summed E-state index contributed by atoms with van der Waals surface area (Å²) in [4.78, 5) is 11.6. The van der Waals surface area contributed by atoms with E-state index < -0.39 is 5.60 Å². The highest BCUT2D eigenvalue weighted by Crippen LogP contribution is 2.16. The molecule has 0 bridgehead atoms. The van der Waals surface area contributed by atoms with Gasteiger partial charge < -0.3 is 15.4 Å². The molecule has 1 amide bonds. The summed E-state index contributed by atoms with van der Waals surface area (Å²) in [6.45, 7) is 8.59. The van der Waals surface area contributed by atoms with Crippen molar-refractivity contribution < 1.29 is 9.53 Å². The normalized spacial score (nSPS) is 21.8. The molecule has 0 aromatic carbocycles. The molecule has 0 aromatic heterocycles. The lowest BCUT2D eigenvalue weighted by atomic mass is 10.1. The van der Waals surface area contributed by atoms with Crippen LogP contribution in [0.15, 0.2) is 0 Å². The zero-order valence-electron chi connectivity index (χ0n) is 12.6. The van der Waals surface area contributed by atoms with Crippen molar-refractivity contribution in [3.63, 3.8) is 0 Å². The predicted octanol–water partition coefficient (Wildman–Crippen LogP) is 2.77. The summed E-state index contributed by atoms with van der Waals surface area (Å²) >= 11 is 2.03. The van der Waals surface area contributed by atoms with Gasteiger partial charge in [0, 0.05) is 17.8 Å². The molecule has 5 heteroatoms. The van der Waals surface area contributed by atoms with Gasteiger partial charge in [-0.05, 0) is 59.3 Å². The second-order valence-electron chi connectivity index (χ2n) is 6.20. The number of rotatable bonds is 5. The Morgan fingerprint density at radius 3 is 2.79 bits per heavy atom. The van der Waals surface area contributed by atoms with Crippen molar-refractivity contribution in [1.29, 1.82) is 0 Å². The Balaban J connectivity index is 2.10. The van der Waals surface area contributed by atoms with Gasteiger partial charge in [-0.25, -0.2) is 4.79 Å². The summed E-state index contributed by atoms with van der Waals surface area (Å²) in [6, 6.07) is 0.783. The summed E-state index contributed by atoms with van der Waals surface area (Å²) in [7, 11) is 0. The van der Waals surface area contributed by atoms with Crippen LogP contribution in [-0.4, -0.2) is 41.8 Å². The first kappa shape index (κ1) is 16.6. The summed E-state index contributed by atoms with van der Waals surface area (Å²) < 4.78 is 5.23. The van der Waals surface area contributed by atoms with Gasteiger partial charge in [0.2, 0.25) is 0 Å². The molecule has 0 spiro atoms. The van der Waals surface area contributed by atoms with E-state index in [1.165, 1.54) is 24.3 Å². The smallest absolute Gasteiger partial charge is 0.407 e. The average molecular weight is 288 g/mol. The van der Waals surface area contributed by atoms with Crippen LogP contribution in [0, 0.1) is 0 Å². The number of carbonyl (C=O) groups excluding carboxylic acids is 1. The highest BCUT2D eigenvalue weighted by molar-refractivity contribution is 7.99. The summed E-state index contributed by atoms with van der Waals surface area (Å²) in [6.07, 6.45) is 3.20. The van der Waals surface area contributed by atoms with Gasteiger partial charge in [-0.2, -0.15) is 11.8 Å². The van der Waals surface area contributed by atoms with E-state index in [1.54, 1.807) is 0 Å². The molecule has 2 atom stereocenters. The molecule has 0 aliphatic carbocycles. The molecule has 2 N–H and O–H groups in total. The molecular formula is C14H28N2O2S. The molecule has 1 aliphatic rings. The summed E-state index contributed by atoms with van der Waals surface area (Å²) in [5.41, 5.74) is -0.429. The van der Waals surface area contributed by atoms with Crippen molar-refractivity contribution >= 4 is 17.9 Å². The molecule has 2 unspecified atom stereocenters. The van der Waals surface area contributed by atoms with Crippen LogP contribution in [0.3, 0.4) is 0 Å². The zero-order valence-corrected chi connectivity index (χ0v) is 13.4. The molecule has 1 heterocycles. The van der Waals surface area contributed by atoms with Gasteiger partial charge in [-0.1, -0.05) is 0 Å². The van der Waals surface area contributed by atoms with Crippen molar-refractivity contribution in [2.75, 3.05) is 18.1 Å². The molecule has 1 aliphatic heterocycles. The lowest BCUT2D eigenvalue weighted by Gasteiger charge is -2.24. The van der Waals surface area contributed by atoms with E-state index in [0.717, 1.165) is 13.0 Å². The first-order valence-corrected chi connectivity index (χ1v) is 8.33. The SMILES string of the molecule is CC(CCNC1CCCSC1)NC(=O)OC(C)(C)C. The number of hydrogen-bond acceptors (Lipinski definition) is 4. The number of hydrogen-bond donors (Lipinski definition) is 2. The lowest BCUT2D eigenvalue weighted by Crippen LogP contribution is -2.40. The van der Waals surface area contributed by atoms with Crippen LogP contribution >= 0.6 is 11.8 Å². The largest absolute Gasteiger partial charge is 0.444 e. The number of amides is 1. The maximum Gasteiger partial charge on any atom is 0.407 e. The van der Waals surface area contributed by atoms with Gasteiger partial charge in [-0.15, -0.1) is 0 Å². The first-order chi connectivity index (χ1) is 8.87. The molecule has 0 aromatic rings. The molecule has 112 valence electrons. The summed E-state index contributed by atoms with van der Waals surface area (Å²) in [5.74, 6) is 2.52. The maximum absolute atomic E-state index is 11.6. The topological polar surface area (TPSA) is 50.4 Å². The Morgan fingerprint density at radius 2 is 2.21 bits per heavy atom. The van der Waals surface area contributed by atoms with E-state index in [4.69, 9.17) is 4.74 Å². The fraction of sp³-hybridized carbons (Fsp3) is 0.929. The maximum atomic E-state index is 11.6. The van der Waals surface area contributed by atoms with Gasteiger partial charge >= 0.3 is 6.09 Å². The van der Waals surface area contributed by atoms with E-state index in [-0.39, 0.29) is 12.1 Å². The van der Waals surface area contributed by atoms with Gasteiger partial charge in [-0.3, -0.25) is 0 Å². The highest BCUT2D eigenvalue weighted by Gasteiger charge is 2.18. The van der Waals surface area contributed by atoms with Crippen molar-refractivity contribution in [2.24, 2.45) is 0 Å². The minimum absolute atomic E-state index is 0.138. The Kier molecular flexibility index (Phi) is 7.00. The van der Waals surface area contributed by atoms with Crippen molar-refractivity contribution in [2.45, 2.75) is 64.6 Å². The van der Waals surface area contributed by atoms with Crippen LogP contribution in [0.5, 0.6) is 0 Å². The Hall–Kier alpha value is -0.420. The highest BCUT2D eigenvalue weighted by atomic mass is 32.2. The molecule has 19 heavy (non-hydrogen) atoms. The molecule has 1 rings (SSSR count). The van der Waals surface area contributed by atoms with Crippen molar-refractivity contribution in [1.82, 2.24) is 10.6 Å². The van der Waals surface area contributed by atoms with Gasteiger partial charge in [0.1, 0.15) is 5.60 Å². The molecular weight excluding hydrogens is 260 g/mol. The van der Waals surface area contributed by atoms with E-state index in [2.05, 4.69) is 10.6 Å². The lowest BCUT2D eigenvalue weighted by molar-refractivity contribution is 0.0506. The van der Waals surface area contributed by atoms with Crippen LogP contribution < -0.4 is 10.6 Å². The Labute approximate surface area is 121 Å². The fourth-order valence-electron chi connectivity index (χ4n) is 1.99. The third-order valence-corrected chi connectivity index (χ3v) is 4.15. The zero-order chi connectivity index (χ0) is 14.3. The summed E-state index contributed by atoms with van der Waals surface area (Å²) in [5, 5.41) is 6.43. The van der Waals surface area contributed by atoms with Crippen LogP contribution in [-0.2, 0) is 4.74 Å². The Bertz CT molecular complexity index is 273. The van der Waals surface area contributed by atoms with E-state index in [0.29, 0.717) is 6.04 Å². The number of ether oxygens (including phenoxy) is 1. The monoisotopic (exact) mass is 288 g/mol. The molecule has 4 nitrogen and oxygen atoms in total. The minimum Gasteiger partial charge on any atom is -0.444 e. The second-order valence-corrected chi connectivity index (χ2v) is 7.35. The molecule has 1 saturated heterocycles. The number of carbonyl (C=O) groups is 1. The van der Waals surface area contributed by atoms with Crippen molar-refractivity contribution in [3.8, 4) is 0 Å². The van der Waals surface area contributed by atoms with E-state index >= 15 is 0 Å². The third kappa shape index (κ3) is 8.37. The first-order valence-electron chi connectivity index (χ1n) is 7.17. The van der Waals surface area contributed by atoms with Gasteiger partial charge in [0.15, 0.2) is 0 Å². The van der Waals surface area contributed by atoms with E-state index in [9.17, 15) is 4.79 Å². The number of alkyl carbamates (subject to hydrolysis) is 1. The van der Waals surface area contributed by atoms with E-state index in [1.807, 2.05) is 39.5 Å². The van der Waals surface area contributed by atoms with Crippen LogP contribution in [0.25, 0.3) is 0 Å². The predicted molar refractivity (Wildman–Crippen MR) is 81.8 cm³/mol. The van der Waals surface area contributed by atoms with Gasteiger partial charge in [0.25, 0.3) is 0 Å². The number of nitrogens with one attached hydrogen (secondary N) is 2. The molecule has 1 fully saturated rings. The van der Waals surface area contributed by atoms with Crippen LogP contribution in [0.4, 0.5) is 4.79 Å². The minimum atomic E-state index is -0.429. The third-order valence-electron chi connectivity index (χ3n) is 2.93. The van der Waals surface area contributed by atoms with Crippen molar-refractivity contribution in [3.05, 3.63) is 0 Å². The fourth-order valence-corrected chi connectivity index (χ4v) is 3.09. The average Bonchev–Trinajstić information content (AvgIpc) is 2.27. The van der Waals surface area contributed by atoms with Crippen LogP contribution in [0.1, 0.15) is 47.0 Å². The van der Waals surface area contributed by atoms with Crippen LogP contribution in [0.2, 0.25) is 0 Å². The Morgan fingerprint density at radius 1 is 1.47 bits per heavy atom. The quantitative estimate of drug-likeness (QED) is 0.817. The molecule has 0 saturated carbocycles. The van der Waals surface area contributed by atoms with Gasteiger partial charge in [0.05, 0.1) is 0 Å². The molecule has 0 radical (unpaired) electrons. The standard InChI is InChI=1S/C14H28N2O2S/c1-11(16-13(17)18-14(2,3)4)7-8-15-12-6-5-9-19-10-12/h11-12,15H,5-10H2,1-4H3,(H,16,17). The number of thioether (sulfide) groups is 1. The second kappa shape index (κ2) is 8.00.